The molecule has 0 aliphatic rings. The topological polar surface area (TPSA) is 120 Å². The average molecular weight is 487 g/mol. The van der Waals surface area contributed by atoms with E-state index in [0.717, 1.165) is 12.8 Å². The van der Waals surface area contributed by atoms with Gasteiger partial charge >= 0.3 is 11.8 Å². The zero-order valence-corrected chi connectivity index (χ0v) is 21.4. The van der Waals surface area contributed by atoms with Crippen molar-refractivity contribution in [2.45, 2.75) is 66.5 Å². The predicted molar refractivity (Wildman–Crippen MR) is 134 cm³/mol. The number of H-pyrrole nitrogens is 1. The van der Waals surface area contributed by atoms with Gasteiger partial charge in [-0.2, -0.15) is 0 Å². The molecule has 0 bridgehead atoms. The number of aromatic nitrogens is 3. The molecule has 2 aromatic heterocycles. The van der Waals surface area contributed by atoms with Crippen LogP contribution in [0.25, 0.3) is 22.2 Å². The number of amides is 1. The van der Waals surface area contributed by atoms with Gasteiger partial charge in [0.05, 0.1) is 12.0 Å². The maximum atomic E-state index is 13.7. The molecule has 1 N–H and O–H groups in total. The fraction of sp³-hybridized carbons (Fsp3) is 0.520. The molecule has 2 heterocycles. The van der Waals surface area contributed by atoms with Gasteiger partial charge < -0.3 is 9.47 Å². The molecule has 3 aromatic rings. The van der Waals surface area contributed by atoms with E-state index in [0.29, 0.717) is 41.1 Å². The number of carbonyl (C=O) groups is 1. The average Bonchev–Trinajstić information content (AvgIpc) is 3.21. The molecule has 0 saturated carbocycles. The first kappa shape index (κ1) is 26.1. The highest BCUT2D eigenvalue weighted by Crippen LogP contribution is 2.37. The summed E-state index contributed by atoms with van der Waals surface area (Å²) in [5, 5.41) is 4.67. The number of ether oxygens (including phenoxy) is 2. The predicted octanol–water partition coefficient (Wildman–Crippen LogP) is 4.55. The summed E-state index contributed by atoms with van der Waals surface area (Å²) in [5.41, 5.74) is -0.446. The highest BCUT2D eigenvalue weighted by Gasteiger charge is 2.28. The molecule has 3 rings (SSSR count). The molecule has 10 heteroatoms. The van der Waals surface area contributed by atoms with Crippen LogP contribution in [0.5, 0.6) is 5.75 Å². The van der Waals surface area contributed by atoms with Crippen molar-refractivity contribution in [2.24, 2.45) is 5.92 Å². The van der Waals surface area contributed by atoms with Gasteiger partial charge in [0.15, 0.2) is 17.4 Å². The number of pyridine rings is 1. The van der Waals surface area contributed by atoms with Crippen molar-refractivity contribution >= 4 is 22.7 Å². The fourth-order valence-corrected chi connectivity index (χ4v) is 3.65. The standard InChI is InChI=1S/C25H34N4O6/c1-8-9-12-33-19-18-13-16(20-26-23(31)35-27-20)10-11-17(18)22(30)29(14-15(2)3)21(19)28(7)24(32)34-25(4,5)6/h10-11,13,15H,8-9,12,14H2,1-7H3,(H,26,27,31). The van der Waals surface area contributed by atoms with Crippen LogP contribution in [-0.4, -0.2) is 40.1 Å². The maximum Gasteiger partial charge on any atom is 0.439 e. The van der Waals surface area contributed by atoms with E-state index in [1.54, 1.807) is 50.6 Å². The lowest BCUT2D eigenvalue weighted by molar-refractivity contribution is 0.0585. The number of hydrogen-bond donors (Lipinski definition) is 1. The maximum absolute atomic E-state index is 13.7. The van der Waals surface area contributed by atoms with Gasteiger partial charge in [-0.15, -0.1) is 0 Å². The molecule has 1 aromatic carbocycles. The Bertz CT molecular complexity index is 1310. The number of nitrogens with one attached hydrogen (secondary N) is 1. The van der Waals surface area contributed by atoms with Gasteiger partial charge in [0, 0.05) is 24.5 Å². The van der Waals surface area contributed by atoms with E-state index in [1.807, 2.05) is 20.8 Å². The van der Waals surface area contributed by atoms with Crippen LogP contribution < -0.4 is 21.0 Å². The summed E-state index contributed by atoms with van der Waals surface area (Å²) in [7, 11) is 1.57. The van der Waals surface area contributed by atoms with Crippen molar-refractivity contribution in [1.29, 1.82) is 0 Å². The Morgan fingerprint density at radius 3 is 2.51 bits per heavy atom. The SMILES string of the molecule is CCCCOc1c(N(C)C(=O)OC(C)(C)C)n(CC(C)C)c(=O)c2ccc(-c3noc(=O)[nH]3)cc12. The first-order valence-corrected chi connectivity index (χ1v) is 11.8. The number of anilines is 1. The molecule has 0 aliphatic carbocycles. The lowest BCUT2D eigenvalue weighted by Crippen LogP contribution is -2.38. The van der Waals surface area contributed by atoms with E-state index in [4.69, 9.17) is 9.47 Å². The molecule has 0 atom stereocenters. The molecular formula is C25H34N4O6. The van der Waals surface area contributed by atoms with Crippen LogP contribution in [0.3, 0.4) is 0 Å². The van der Waals surface area contributed by atoms with Crippen molar-refractivity contribution in [3.05, 3.63) is 39.1 Å². The van der Waals surface area contributed by atoms with Crippen molar-refractivity contribution < 1.29 is 18.8 Å². The van der Waals surface area contributed by atoms with Gasteiger partial charge in [-0.05, 0) is 45.2 Å². The second-order valence-corrected chi connectivity index (χ2v) is 9.91. The zero-order valence-electron chi connectivity index (χ0n) is 21.4. The lowest BCUT2D eigenvalue weighted by Gasteiger charge is -2.29. The van der Waals surface area contributed by atoms with E-state index in [1.165, 1.54) is 4.90 Å². The van der Waals surface area contributed by atoms with Crippen LogP contribution in [0.1, 0.15) is 54.4 Å². The number of aromatic amines is 1. The Morgan fingerprint density at radius 1 is 1.23 bits per heavy atom. The van der Waals surface area contributed by atoms with Crippen LogP contribution in [-0.2, 0) is 11.3 Å². The summed E-state index contributed by atoms with van der Waals surface area (Å²) in [6.07, 6.45) is 1.09. The summed E-state index contributed by atoms with van der Waals surface area (Å²) in [6, 6.07) is 5.06. The highest BCUT2D eigenvalue weighted by atomic mass is 16.6. The van der Waals surface area contributed by atoms with Crippen LogP contribution in [0.15, 0.2) is 32.3 Å². The first-order chi connectivity index (χ1) is 16.4. The smallest absolute Gasteiger partial charge is 0.439 e. The third-order valence-electron chi connectivity index (χ3n) is 5.19. The Labute approximate surface area is 203 Å². The van der Waals surface area contributed by atoms with E-state index < -0.39 is 17.5 Å². The monoisotopic (exact) mass is 486 g/mol. The molecule has 0 spiro atoms. The van der Waals surface area contributed by atoms with Crippen molar-refractivity contribution in [3.8, 4) is 17.1 Å². The molecule has 0 fully saturated rings. The summed E-state index contributed by atoms with van der Waals surface area (Å²) < 4.78 is 18.0. The molecule has 0 aliphatic heterocycles. The first-order valence-electron chi connectivity index (χ1n) is 11.8. The van der Waals surface area contributed by atoms with Gasteiger partial charge in [-0.3, -0.25) is 23.8 Å². The number of unbranched alkanes of at least 4 members (excludes halogenated alkanes) is 1. The van der Waals surface area contributed by atoms with E-state index >= 15 is 0 Å². The Kier molecular flexibility index (Phi) is 7.72. The number of fused-ring (bicyclic) bond motifs is 1. The summed E-state index contributed by atoms with van der Waals surface area (Å²) >= 11 is 0. The largest absolute Gasteiger partial charge is 0.489 e. The lowest BCUT2D eigenvalue weighted by atomic mass is 10.1. The zero-order chi connectivity index (χ0) is 25.9. The van der Waals surface area contributed by atoms with Crippen molar-refractivity contribution in [2.75, 3.05) is 18.6 Å². The Balaban J connectivity index is 2.33. The van der Waals surface area contributed by atoms with Gasteiger partial charge in [0.25, 0.3) is 5.56 Å². The fourth-order valence-electron chi connectivity index (χ4n) is 3.65. The van der Waals surface area contributed by atoms with Gasteiger partial charge in [0.1, 0.15) is 5.60 Å². The van der Waals surface area contributed by atoms with Crippen LogP contribution in [0.2, 0.25) is 0 Å². The Morgan fingerprint density at radius 2 is 1.94 bits per heavy atom. The Hall–Kier alpha value is -3.56. The summed E-state index contributed by atoms with van der Waals surface area (Å²) in [6.45, 7) is 12.2. The van der Waals surface area contributed by atoms with Crippen LogP contribution in [0, 0.1) is 5.92 Å². The van der Waals surface area contributed by atoms with Crippen LogP contribution in [0.4, 0.5) is 10.6 Å². The number of nitrogens with zero attached hydrogens (tertiary/aromatic N) is 3. The quantitative estimate of drug-likeness (QED) is 0.464. The minimum absolute atomic E-state index is 0.124. The van der Waals surface area contributed by atoms with Crippen molar-refractivity contribution in [1.82, 2.24) is 14.7 Å². The van der Waals surface area contributed by atoms with E-state index in [-0.39, 0.29) is 17.3 Å². The van der Waals surface area contributed by atoms with Gasteiger partial charge in [-0.1, -0.05) is 38.4 Å². The number of carbonyl (C=O) groups excluding carboxylic acids is 1. The van der Waals surface area contributed by atoms with Gasteiger partial charge in [0.2, 0.25) is 0 Å². The molecule has 0 saturated heterocycles. The molecule has 190 valence electrons. The third-order valence-corrected chi connectivity index (χ3v) is 5.19. The summed E-state index contributed by atoms with van der Waals surface area (Å²) in [4.78, 5) is 42.1. The second-order valence-electron chi connectivity index (χ2n) is 9.91. The summed E-state index contributed by atoms with van der Waals surface area (Å²) in [5.74, 6) is 0.364. The molecule has 35 heavy (non-hydrogen) atoms. The van der Waals surface area contributed by atoms with E-state index in [9.17, 15) is 14.4 Å². The van der Waals surface area contributed by atoms with Crippen molar-refractivity contribution in [3.63, 3.8) is 0 Å². The molecular weight excluding hydrogens is 452 g/mol. The minimum atomic E-state index is -0.722. The highest BCUT2D eigenvalue weighted by molar-refractivity contribution is 5.98. The number of hydrogen-bond acceptors (Lipinski definition) is 7. The second kappa shape index (κ2) is 10.4. The molecule has 10 nitrogen and oxygen atoms in total. The minimum Gasteiger partial charge on any atom is -0.489 e. The molecule has 0 radical (unpaired) electrons. The van der Waals surface area contributed by atoms with Crippen LogP contribution >= 0.6 is 0 Å². The van der Waals surface area contributed by atoms with Gasteiger partial charge in [-0.25, -0.2) is 9.59 Å². The molecule has 1 amide bonds. The third kappa shape index (κ3) is 5.93. The number of benzene rings is 1. The number of rotatable bonds is 8. The molecule has 0 unspecified atom stereocenters. The normalized spacial score (nSPS) is 11.8. The van der Waals surface area contributed by atoms with E-state index in [2.05, 4.69) is 14.7 Å².